The first kappa shape index (κ1) is 20.3. The van der Waals surface area contributed by atoms with Crippen LogP contribution in [0.1, 0.15) is 101 Å². The zero-order valence-electron chi connectivity index (χ0n) is 16.1. The van der Waals surface area contributed by atoms with Crippen molar-refractivity contribution in [3.05, 3.63) is 29.8 Å². The van der Waals surface area contributed by atoms with Crippen LogP contribution in [0.2, 0.25) is 0 Å². The molecule has 0 unspecified atom stereocenters. The molecule has 1 aliphatic rings. The molecule has 0 saturated heterocycles. The molecule has 1 saturated carbocycles. The molecule has 0 amide bonds. The first-order valence-electron chi connectivity index (χ1n) is 10.7. The van der Waals surface area contributed by atoms with Crippen molar-refractivity contribution in [3.63, 3.8) is 0 Å². The Labute approximate surface area is 155 Å². The number of hydrogen-bond acceptors (Lipinski definition) is 2. The van der Waals surface area contributed by atoms with Crippen molar-refractivity contribution in [1.82, 2.24) is 0 Å². The summed E-state index contributed by atoms with van der Waals surface area (Å²) in [4.78, 5) is 0. The maximum absolute atomic E-state index is 9.08. The largest absolute Gasteiger partial charge is 0.491 e. The zero-order valence-corrected chi connectivity index (χ0v) is 16.1. The number of hydrogen-bond donors (Lipinski definition) is 1. The molecule has 1 aliphatic carbocycles. The zero-order chi connectivity index (χ0) is 17.6. The van der Waals surface area contributed by atoms with E-state index in [-0.39, 0.29) is 6.61 Å². The van der Waals surface area contributed by atoms with E-state index in [2.05, 4.69) is 18.2 Å². The monoisotopic (exact) mass is 346 g/mol. The maximum atomic E-state index is 9.08. The summed E-state index contributed by atoms with van der Waals surface area (Å²) in [5.74, 6) is 1.60. The van der Waals surface area contributed by atoms with E-state index in [1.807, 2.05) is 6.07 Å². The fourth-order valence-corrected chi connectivity index (χ4v) is 4.11. The molecular weight excluding hydrogens is 308 g/mol. The highest BCUT2D eigenvalue weighted by Crippen LogP contribution is 2.34. The van der Waals surface area contributed by atoms with Crippen molar-refractivity contribution in [2.75, 3.05) is 13.2 Å². The summed E-state index contributed by atoms with van der Waals surface area (Å²) in [6.07, 6.45) is 19.3. The number of aliphatic hydroxyl groups excluding tert-OH is 1. The molecule has 2 rings (SSSR count). The number of rotatable bonds is 4. The van der Waals surface area contributed by atoms with Crippen molar-refractivity contribution in [2.24, 2.45) is 0 Å². The van der Waals surface area contributed by atoms with Crippen molar-refractivity contribution in [3.8, 4) is 5.75 Å². The van der Waals surface area contributed by atoms with Gasteiger partial charge in [0, 0.05) is 0 Å². The molecule has 1 aromatic rings. The molecule has 1 N–H and O–H groups in total. The Hall–Kier alpha value is -1.02. The fourth-order valence-electron chi connectivity index (χ4n) is 4.11. The van der Waals surface area contributed by atoms with Crippen LogP contribution in [0.3, 0.4) is 0 Å². The molecule has 25 heavy (non-hydrogen) atoms. The molecular formula is C23H38O2. The van der Waals surface area contributed by atoms with E-state index in [1.165, 1.54) is 95.5 Å². The van der Waals surface area contributed by atoms with E-state index in [4.69, 9.17) is 9.84 Å². The van der Waals surface area contributed by atoms with E-state index >= 15 is 0 Å². The Kier molecular flexibility index (Phi) is 10.7. The van der Waals surface area contributed by atoms with E-state index in [0.29, 0.717) is 12.5 Å². The summed E-state index contributed by atoms with van der Waals surface area (Å²) in [6.45, 7) is 0.475. The van der Waals surface area contributed by atoms with Crippen LogP contribution in [0.15, 0.2) is 24.3 Å². The van der Waals surface area contributed by atoms with Gasteiger partial charge >= 0.3 is 0 Å². The number of benzene rings is 1. The molecule has 0 bridgehead atoms. The van der Waals surface area contributed by atoms with Gasteiger partial charge in [0.25, 0.3) is 0 Å². The summed E-state index contributed by atoms with van der Waals surface area (Å²) >= 11 is 0. The number of ether oxygens (including phenoxy) is 1. The summed E-state index contributed by atoms with van der Waals surface area (Å²) < 4.78 is 5.82. The van der Waals surface area contributed by atoms with Gasteiger partial charge in [-0.2, -0.15) is 0 Å². The standard InChI is InChI=1S/C23H38O2/c24-19-20-25-23-18-14-13-17-22(23)21-15-11-9-7-5-3-1-2-4-6-8-10-12-16-21/h13-14,17-18,21,24H,1-12,15-16,19-20H2. The van der Waals surface area contributed by atoms with Crippen molar-refractivity contribution < 1.29 is 9.84 Å². The maximum Gasteiger partial charge on any atom is 0.122 e. The lowest BCUT2D eigenvalue weighted by molar-refractivity contribution is 0.199. The predicted molar refractivity (Wildman–Crippen MR) is 106 cm³/mol. The van der Waals surface area contributed by atoms with Gasteiger partial charge in [-0.1, -0.05) is 95.2 Å². The minimum absolute atomic E-state index is 0.0823. The lowest BCUT2D eigenvalue weighted by atomic mass is 9.87. The lowest BCUT2D eigenvalue weighted by Gasteiger charge is -2.21. The molecule has 1 fully saturated rings. The van der Waals surface area contributed by atoms with E-state index < -0.39 is 0 Å². The molecule has 0 spiro atoms. The fraction of sp³-hybridized carbons (Fsp3) is 0.739. The third-order valence-electron chi connectivity index (χ3n) is 5.56. The van der Waals surface area contributed by atoms with E-state index in [1.54, 1.807) is 0 Å². The van der Waals surface area contributed by atoms with Gasteiger partial charge < -0.3 is 9.84 Å². The van der Waals surface area contributed by atoms with Crippen molar-refractivity contribution in [2.45, 2.75) is 95.8 Å². The van der Waals surface area contributed by atoms with E-state index in [0.717, 1.165) is 5.75 Å². The molecule has 142 valence electrons. The Bertz CT molecular complexity index is 427. The average Bonchev–Trinajstić information content (AvgIpc) is 2.65. The van der Waals surface area contributed by atoms with Gasteiger partial charge in [-0.25, -0.2) is 0 Å². The molecule has 2 heteroatoms. The predicted octanol–water partition coefficient (Wildman–Crippen LogP) is 6.62. The average molecular weight is 347 g/mol. The summed E-state index contributed by atoms with van der Waals surface area (Å²) in [5.41, 5.74) is 1.36. The second-order valence-corrected chi connectivity index (χ2v) is 7.63. The van der Waals surface area contributed by atoms with Crippen LogP contribution >= 0.6 is 0 Å². The molecule has 0 radical (unpaired) electrons. The highest BCUT2D eigenvalue weighted by molar-refractivity contribution is 5.36. The SMILES string of the molecule is OCCOc1ccccc1C1CCCCCCCCCCCCCC1. The van der Waals surface area contributed by atoms with Gasteiger partial charge in [-0.15, -0.1) is 0 Å². The highest BCUT2D eigenvalue weighted by atomic mass is 16.5. The molecule has 1 aromatic carbocycles. The highest BCUT2D eigenvalue weighted by Gasteiger charge is 2.16. The van der Waals surface area contributed by atoms with Crippen LogP contribution < -0.4 is 4.74 Å². The quantitative estimate of drug-likeness (QED) is 0.664. The van der Waals surface area contributed by atoms with E-state index in [9.17, 15) is 0 Å². The topological polar surface area (TPSA) is 29.5 Å². The molecule has 0 aliphatic heterocycles. The summed E-state index contributed by atoms with van der Waals surface area (Å²) in [7, 11) is 0. The van der Waals surface area contributed by atoms with Crippen LogP contribution in [0, 0.1) is 0 Å². The normalized spacial score (nSPS) is 19.7. The smallest absolute Gasteiger partial charge is 0.122 e. The first-order valence-corrected chi connectivity index (χ1v) is 10.7. The molecule has 2 nitrogen and oxygen atoms in total. The third-order valence-corrected chi connectivity index (χ3v) is 5.56. The molecule has 0 atom stereocenters. The van der Waals surface area contributed by atoms with Crippen LogP contribution in [-0.4, -0.2) is 18.3 Å². The Morgan fingerprint density at radius 1 is 0.720 bits per heavy atom. The Balaban J connectivity index is 1.96. The number of aliphatic hydroxyl groups is 1. The minimum Gasteiger partial charge on any atom is -0.491 e. The Morgan fingerprint density at radius 2 is 1.20 bits per heavy atom. The van der Waals surface area contributed by atoms with Crippen molar-refractivity contribution >= 4 is 0 Å². The molecule has 0 aromatic heterocycles. The molecule has 0 heterocycles. The van der Waals surface area contributed by atoms with Crippen LogP contribution in [0.4, 0.5) is 0 Å². The van der Waals surface area contributed by atoms with Crippen LogP contribution in [0.25, 0.3) is 0 Å². The number of para-hydroxylation sites is 1. The summed E-state index contributed by atoms with van der Waals surface area (Å²) in [6, 6.07) is 8.49. The van der Waals surface area contributed by atoms with Gasteiger partial charge in [0.05, 0.1) is 6.61 Å². The van der Waals surface area contributed by atoms with Gasteiger partial charge in [-0.3, -0.25) is 0 Å². The van der Waals surface area contributed by atoms with Gasteiger partial charge in [0.1, 0.15) is 12.4 Å². The van der Waals surface area contributed by atoms with Gasteiger partial charge in [0.15, 0.2) is 0 Å². The third kappa shape index (κ3) is 8.27. The second-order valence-electron chi connectivity index (χ2n) is 7.63. The minimum atomic E-state index is 0.0823. The van der Waals surface area contributed by atoms with Crippen molar-refractivity contribution in [1.29, 1.82) is 0 Å². The summed E-state index contributed by atoms with van der Waals surface area (Å²) in [5, 5.41) is 9.08. The lowest BCUT2D eigenvalue weighted by Crippen LogP contribution is -2.07. The second kappa shape index (κ2) is 13.2. The van der Waals surface area contributed by atoms with Crippen LogP contribution in [-0.2, 0) is 0 Å². The van der Waals surface area contributed by atoms with Gasteiger partial charge in [0.2, 0.25) is 0 Å². The van der Waals surface area contributed by atoms with Crippen LogP contribution in [0.5, 0.6) is 5.75 Å². The van der Waals surface area contributed by atoms with Gasteiger partial charge in [-0.05, 0) is 30.4 Å². The Morgan fingerprint density at radius 3 is 1.72 bits per heavy atom. The first-order chi connectivity index (χ1) is 12.4.